The van der Waals surface area contributed by atoms with Crippen molar-refractivity contribution in [2.24, 2.45) is 0 Å². The number of rotatable bonds is 6. The lowest BCUT2D eigenvalue weighted by molar-refractivity contribution is -0.140. The summed E-state index contributed by atoms with van der Waals surface area (Å²) in [7, 11) is 1.45. The molecule has 6 heteroatoms. The Labute approximate surface area is 124 Å². The summed E-state index contributed by atoms with van der Waals surface area (Å²) in [5.41, 5.74) is -0.305. The summed E-state index contributed by atoms with van der Waals surface area (Å²) in [6.07, 6.45) is 0. The van der Waals surface area contributed by atoms with Crippen LogP contribution in [0.25, 0.3) is 0 Å². The largest absolute Gasteiger partial charge is 0.386 e. The van der Waals surface area contributed by atoms with Crippen LogP contribution in [-0.4, -0.2) is 42.8 Å². The van der Waals surface area contributed by atoms with E-state index in [0.717, 1.165) is 5.56 Å². The van der Waals surface area contributed by atoms with E-state index in [0.29, 0.717) is 0 Å². The molecule has 6 nitrogen and oxygen atoms in total. The van der Waals surface area contributed by atoms with Crippen LogP contribution in [0.4, 0.5) is 0 Å². The molecule has 0 heterocycles. The van der Waals surface area contributed by atoms with E-state index < -0.39 is 17.4 Å². The van der Waals surface area contributed by atoms with Gasteiger partial charge in [0.15, 0.2) is 0 Å². The molecule has 21 heavy (non-hydrogen) atoms. The molecule has 116 valence electrons. The number of carbonyl (C=O) groups is 2. The highest BCUT2D eigenvalue weighted by molar-refractivity contribution is 6.35. The van der Waals surface area contributed by atoms with Gasteiger partial charge >= 0.3 is 11.8 Å². The molecule has 0 saturated carbocycles. The maximum Gasteiger partial charge on any atom is 0.309 e. The monoisotopic (exact) mass is 294 g/mol. The third kappa shape index (κ3) is 5.93. The fourth-order valence-corrected chi connectivity index (χ4v) is 1.80. The molecular formula is C15H22N2O4. The smallest absolute Gasteiger partial charge is 0.309 e. The number of amides is 2. The van der Waals surface area contributed by atoms with Crippen molar-refractivity contribution >= 4 is 11.8 Å². The molecule has 0 aliphatic carbocycles. The quantitative estimate of drug-likeness (QED) is 0.662. The SMILES string of the molecule is COC[C@@](C)(O)CNC(=O)C(=O)N[C@@H](C)c1ccccc1. The molecule has 1 aromatic rings. The lowest BCUT2D eigenvalue weighted by Gasteiger charge is -2.22. The molecule has 3 N–H and O–H groups in total. The van der Waals surface area contributed by atoms with Gasteiger partial charge in [-0.1, -0.05) is 30.3 Å². The van der Waals surface area contributed by atoms with Crippen LogP contribution in [0.15, 0.2) is 30.3 Å². The zero-order valence-corrected chi connectivity index (χ0v) is 12.6. The van der Waals surface area contributed by atoms with Crippen molar-refractivity contribution in [1.82, 2.24) is 10.6 Å². The number of aliphatic hydroxyl groups is 1. The van der Waals surface area contributed by atoms with Crippen molar-refractivity contribution in [3.8, 4) is 0 Å². The van der Waals surface area contributed by atoms with Gasteiger partial charge in [0.1, 0.15) is 5.60 Å². The first kappa shape index (κ1) is 17.1. The highest BCUT2D eigenvalue weighted by atomic mass is 16.5. The molecule has 0 radical (unpaired) electrons. The Hall–Kier alpha value is -1.92. The minimum absolute atomic E-state index is 0.0627. The lowest BCUT2D eigenvalue weighted by Crippen LogP contribution is -2.48. The van der Waals surface area contributed by atoms with Gasteiger partial charge < -0.3 is 20.5 Å². The van der Waals surface area contributed by atoms with Crippen molar-refractivity contribution < 1.29 is 19.4 Å². The molecule has 2 atom stereocenters. The fraction of sp³-hybridized carbons (Fsp3) is 0.467. The van der Waals surface area contributed by atoms with E-state index in [9.17, 15) is 14.7 Å². The van der Waals surface area contributed by atoms with Crippen molar-refractivity contribution in [1.29, 1.82) is 0 Å². The van der Waals surface area contributed by atoms with Crippen LogP contribution in [0, 0.1) is 0 Å². The van der Waals surface area contributed by atoms with Crippen molar-refractivity contribution in [2.45, 2.75) is 25.5 Å². The van der Waals surface area contributed by atoms with Gasteiger partial charge in [-0.25, -0.2) is 0 Å². The summed E-state index contributed by atoms with van der Waals surface area (Å²) >= 11 is 0. The van der Waals surface area contributed by atoms with Crippen LogP contribution < -0.4 is 10.6 Å². The highest BCUT2D eigenvalue weighted by Gasteiger charge is 2.23. The first-order valence-electron chi connectivity index (χ1n) is 6.70. The molecule has 0 aliphatic rings. The van der Waals surface area contributed by atoms with E-state index >= 15 is 0 Å². The van der Waals surface area contributed by atoms with Crippen LogP contribution in [0.3, 0.4) is 0 Å². The van der Waals surface area contributed by atoms with Gasteiger partial charge in [-0.3, -0.25) is 9.59 Å². The first-order valence-corrected chi connectivity index (χ1v) is 6.70. The predicted molar refractivity (Wildman–Crippen MR) is 78.5 cm³/mol. The molecule has 0 aliphatic heterocycles. The van der Waals surface area contributed by atoms with E-state index in [1.807, 2.05) is 30.3 Å². The van der Waals surface area contributed by atoms with E-state index in [2.05, 4.69) is 10.6 Å². The summed E-state index contributed by atoms with van der Waals surface area (Å²) < 4.78 is 4.82. The summed E-state index contributed by atoms with van der Waals surface area (Å²) in [5.74, 6) is -1.52. The number of nitrogens with one attached hydrogen (secondary N) is 2. The molecule has 0 fully saturated rings. The van der Waals surface area contributed by atoms with Gasteiger partial charge in [0.25, 0.3) is 0 Å². The molecule has 0 saturated heterocycles. The lowest BCUT2D eigenvalue weighted by atomic mass is 10.1. The first-order chi connectivity index (χ1) is 9.85. The summed E-state index contributed by atoms with van der Waals surface area (Å²) in [5, 5.41) is 14.8. The molecule has 0 spiro atoms. The predicted octanol–water partition coefficient (Wildman–Crippen LogP) is 0.377. The summed E-state index contributed by atoms with van der Waals surface area (Å²) in [6.45, 7) is 3.31. The standard InChI is InChI=1S/C15H22N2O4/c1-11(12-7-5-4-6-8-12)17-14(19)13(18)16-9-15(2,20)10-21-3/h4-8,11,20H,9-10H2,1-3H3,(H,16,18)(H,17,19)/t11-,15-/m0/s1. The van der Waals surface area contributed by atoms with Crippen LogP contribution in [-0.2, 0) is 14.3 Å². The van der Waals surface area contributed by atoms with Crippen LogP contribution in [0.2, 0.25) is 0 Å². The van der Waals surface area contributed by atoms with E-state index in [1.165, 1.54) is 14.0 Å². The average molecular weight is 294 g/mol. The van der Waals surface area contributed by atoms with Gasteiger partial charge in [0, 0.05) is 13.7 Å². The Morgan fingerprint density at radius 3 is 2.48 bits per heavy atom. The molecule has 2 amide bonds. The third-order valence-corrected chi connectivity index (χ3v) is 2.94. The van der Waals surface area contributed by atoms with Crippen LogP contribution in [0.1, 0.15) is 25.5 Å². The zero-order chi connectivity index (χ0) is 15.9. The van der Waals surface area contributed by atoms with Crippen LogP contribution >= 0.6 is 0 Å². The number of hydrogen-bond acceptors (Lipinski definition) is 4. The second-order valence-corrected chi connectivity index (χ2v) is 5.22. The van der Waals surface area contributed by atoms with E-state index in [4.69, 9.17) is 4.74 Å². The molecule has 0 bridgehead atoms. The number of benzene rings is 1. The molecular weight excluding hydrogens is 272 g/mol. The second-order valence-electron chi connectivity index (χ2n) is 5.22. The minimum Gasteiger partial charge on any atom is -0.386 e. The number of hydrogen-bond donors (Lipinski definition) is 3. The number of ether oxygens (including phenoxy) is 1. The number of carbonyl (C=O) groups excluding carboxylic acids is 2. The van der Waals surface area contributed by atoms with Crippen molar-refractivity contribution in [3.05, 3.63) is 35.9 Å². The van der Waals surface area contributed by atoms with Crippen LogP contribution in [0.5, 0.6) is 0 Å². The van der Waals surface area contributed by atoms with Crippen molar-refractivity contribution in [3.63, 3.8) is 0 Å². The van der Waals surface area contributed by atoms with Gasteiger partial charge in [-0.2, -0.15) is 0 Å². The minimum atomic E-state index is -1.21. The van der Waals surface area contributed by atoms with Crippen molar-refractivity contribution in [2.75, 3.05) is 20.3 Å². The summed E-state index contributed by atoms with van der Waals surface area (Å²) in [6, 6.07) is 9.06. The highest BCUT2D eigenvalue weighted by Crippen LogP contribution is 2.10. The van der Waals surface area contributed by atoms with E-state index in [-0.39, 0.29) is 19.2 Å². The Morgan fingerprint density at radius 2 is 1.90 bits per heavy atom. The Balaban J connectivity index is 2.46. The normalized spacial score (nSPS) is 14.9. The maximum absolute atomic E-state index is 11.8. The third-order valence-electron chi connectivity index (χ3n) is 2.94. The molecule has 1 rings (SSSR count). The van der Waals surface area contributed by atoms with Gasteiger partial charge in [0.05, 0.1) is 12.6 Å². The fourth-order valence-electron chi connectivity index (χ4n) is 1.80. The average Bonchev–Trinajstić information content (AvgIpc) is 2.45. The number of methoxy groups -OCH3 is 1. The zero-order valence-electron chi connectivity index (χ0n) is 12.6. The second kappa shape index (κ2) is 7.75. The summed E-state index contributed by atoms with van der Waals surface area (Å²) in [4.78, 5) is 23.5. The van der Waals surface area contributed by atoms with Gasteiger partial charge in [0.2, 0.25) is 0 Å². The topological polar surface area (TPSA) is 87.7 Å². The van der Waals surface area contributed by atoms with Gasteiger partial charge in [-0.15, -0.1) is 0 Å². The Kier molecular flexibility index (Phi) is 6.33. The molecule has 0 unspecified atom stereocenters. The van der Waals surface area contributed by atoms with E-state index in [1.54, 1.807) is 6.92 Å². The Bertz CT molecular complexity index is 474. The Morgan fingerprint density at radius 1 is 1.29 bits per heavy atom. The maximum atomic E-state index is 11.8. The molecule has 1 aromatic carbocycles. The molecule has 0 aromatic heterocycles. The van der Waals surface area contributed by atoms with Gasteiger partial charge in [-0.05, 0) is 19.4 Å².